The smallest absolute Gasteiger partial charge is 0.337 e. The number of amides is 1. The molecule has 0 aliphatic heterocycles. The highest BCUT2D eigenvalue weighted by molar-refractivity contribution is 5.94. The van der Waals surface area contributed by atoms with Crippen molar-refractivity contribution in [1.29, 1.82) is 0 Å². The van der Waals surface area contributed by atoms with Crippen molar-refractivity contribution >= 4 is 18.1 Å². The number of rotatable bonds is 7. The summed E-state index contributed by atoms with van der Waals surface area (Å²) in [6.45, 7) is 0. The summed E-state index contributed by atoms with van der Waals surface area (Å²) in [5.74, 6) is 0.359. The van der Waals surface area contributed by atoms with Crippen LogP contribution >= 0.6 is 0 Å². The van der Waals surface area contributed by atoms with Crippen LogP contribution in [0.25, 0.3) is 11.3 Å². The average molecular weight is 408 g/mol. The van der Waals surface area contributed by atoms with E-state index in [-0.39, 0.29) is 5.69 Å². The van der Waals surface area contributed by atoms with Gasteiger partial charge in [-0.15, -0.1) is 0 Å². The summed E-state index contributed by atoms with van der Waals surface area (Å²) in [5, 5.41) is 10.8. The second-order valence-electron chi connectivity index (χ2n) is 6.05. The molecular formula is C21H20N4O5. The molecule has 0 bridgehead atoms. The Hall–Kier alpha value is -4.14. The molecule has 0 radical (unpaired) electrons. The van der Waals surface area contributed by atoms with E-state index in [4.69, 9.17) is 9.47 Å². The summed E-state index contributed by atoms with van der Waals surface area (Å²) in [5.41, 5.74) is 4.99. The van der Waals surface area contributed by atoms with Crippen LogP contribution in [0.2, 0.25) is 0 Å². The van der Waals surface area contributed by atoms with Crippen molar-refractivity contribution in [1.82, 2.24) is 15.6 Å². The molecule has 0 aliphatic rings. The van der Waals surface area contributed by atoms with Crippen LogP contribution in [-0.4, -0.2) is 49.6 Å². The van der Waals surface area contributed by atoms with Crippen LogP contribution in [0.3, 0.4) is 0 Å². The molecule has 2 N–H and O–H groups in total. The number of carbonyl (C=O) groups is 2. The van der Waals surface area contributed by atoms with Gasteiger partial charge in [-0.3, -0.25) is 9.89 Å². The zero-order valence-electron chi connectivity index (χ0n) is 16.6. The minimum Gasteiger partial charge on any atom is -0.497 e. The fraction of sp³-hybridized carbons (Fsp3) is 0.143. The Morgan fingerprint density at radius 1 is 1.03 bits per heavy atom. The fourth-order valence-electron chi connectivity index (χ4n) is 2.64. The van der Waals surface area contributed by atoms with E-state index in [1.54, 1.807) is 62.8 Å². The number of benzene rings is 2. The van der Waals surface area contributed by atoms with Gasteiger partial charge in [0.1, 0.15) is 17.2 Å². The van der Waals surface area contributed by atoms with E-state index in [0.717, 1.165) is 0 Å². The maximum Gasteiger partial charge on any atom is 0.337 e. The number of nitrogens with zero attached hydrogens (tertiary/aromatic N) is 2. The predicted octanol–water partition coefficient (Wildman–Crippen LogP) is 2.64. The highest BCUT2D eigenvalue weighted by Gasteiger charge is 2.14. The molecule has 0 atom stereocenters. The monoisotopic (exact) mass is 408 g/mol. The Morgan fingerprint density at radius 2 is 1.80 bits per heavy atom. The van der Waals surface area contributed by atoms with Crippen LogP contribution in [-0.2, 0) is 4.74 Å². The van der Waals surface area contributed by atoms with Gasteiger partial charge in [-0.25, -0.2) is 10.2 Å². The van der Waals surface area contributed by atoms with E-state index < -0.39 is 11.9 Å². The molecule has 0 saturated heterocycles. The predicted molar refractivity (Wildman–Crippen MR) is 110 cm³/mol. The fourth-order valence-corrected chi connectivity index (χ4v) is 2.64. The molecule has 1 heterocycles. The molecule has 0 aliphatic carbocycles. The summed E-state index contributed by atoms with van der Waals surface area (Å²) in [7, 11) is 4.44. The molecule has 30 heavy (non-hydrogen) atoms. The van der Waals surface area contributed by atoms with Crippen LogP contribution in [0.4, 0.5) is 0 Å². The lowest BCUT2D eigenvalue weighted by Crippen LogP contribution is -2.18. The zero-order chi connectivity index (χ0) is 21.5. The molecule has 2 aromatic carbocycles. The van der Waals surface area contributed by atoms with E-state index in [1.807, 2.05) is 0 Å². The highest BCUT2D eigenvalue weighted by atomic mass is 16.5. The Labute approximate surface area is 172 Å². The van der Waals surface area contributed by atoms with Gasteiger partial charge in [0.05, 0.1) is 38.8 Å². The van der Waals surface area contributed by atoms with Gasteiger partial charge in [-0.1, -0.05) is 12.1 Å². The van der Waals surface area contributed by atoms with Crippen LogP contribution in [0.5, 0.6) is 11.5 Å². The van der Waals surface area contributed by atoms with Gasteiger partial charge in [-0.05, 0) is 42.0 Å². The van der Waals surface area contributed by atoms with Gasteiger partial charge in [0, 0.05) is 5.56 Å². The lowest BCUT2D eigenvalue weighted by molar-refractivity contribution is 0.0600. The van der Waals surface area contributed by atoms with Crippen molar-refractivity contribution in [3.8, 4) is 22.8 Å². The van der Waals surface area contributed by atoms with Crippen molar-refractivity contribution < 1.29 is 23.8 Å². The molecule has 1 aromatic heterocycles. The number of ether oxygens (including phenoxy) is 3. The number of aromatic amines is 1. The lowest BCUT2D eigenvalue weighted by Gasteiger charge is -2.08. The first kappa shape index (κ1) is 20.6. The van der Waals surface area contributed by atoms with Crippen molar-refractivity contribution in [2.45, 2.75) is 0 Å². The third-order valence-corrected chi connectivity index (χ3v) is 4.22. The van der Waals surface area contributed by atoms with Crippen LogP contribution in [0, 0.1) is 0 Å². The van der Waals surface area contributed by atoms with Gasteiger partial charge < -0.3 is 14.2 Å². The Kier molecular flexibility index (Phi) is 6.43. The molecule has 0 saturated carbocycles. The van der Waals surface area contributed by atoms with Crippen LogP contribution in [0.1, 0.15) is 26.4 Å². The van der Waals surface area contributed by atoms with Gasteiger partial charge in [0.25, 0.3) is 5.91 Å². The standard InChI is InChI=1S/C21H20N4O5/c1-28-15-8-9-19(29-2)16(10-15)17-11-18(24-23-17)20(26)25-22-12-13-4-6-14(7-5-13)21(27)30-3/h4-12H,1-3H3,(H,23,24)(H,25,26)/b22-12+. The first-order valence-corrected chi connectivity index (χ1v) is 8.85. The first-order chi connectivity index (χ1) is 14.5. The van der Waals surface area contributed by atoms with E-state index in [9.17, 15) is 9.59 Å². The van der Waals surface area contributed by atoms with E-state index in [2.05, 4.69) is 25.5 Å². The molecular weight excluding hydrogens is 388 g/mol. The number of carbonyl (C=O) groups excluding carboxylic acids is 2. The van der Waals surface area contributed by atoms with Crippen molar-refractivity contribution in [3.05, 3.63) is 65.4 Å². The lowest BCUT2D eigenvalue weighted by atomic mass is 10.1. The maximum atomic E-state index is 12.3. The van der Waals surface area contributed by atoms with Gasteiger partial charge in [-0.2, -0.15) is 10.2 Å². The number of hydrogen-bond acceptors (Lipinski definition) is 7. The largest absolute Gasteiger partial charge is 0.497 e. The highest BCUT2D eigenvalue weighted by Crippen LogP contribution is 2.32. The number of esters is 1. The Morgan fingerprint density at radius 3 is 2.47 bits per heavy atom. The quantitative estimate of drug-likeness (QED) is 0.353. The molecule has 3 aromatic rings. The third-order valence-electron chi connectivity index (χ3n) is 4.22. The van der Waals surface area contributed by atoms with Crippen molar-refractivity contribution in [2.24, 2.45) is 5.10 Å². The molecule has 0 unspecified atom stereocenters. The summed E-state index contributed by atoms with van der Waals surface area (Å²) < 4.78 is 15.2. The summed E-state index contributed by atoms with van der Waals surface area (Å²) in [6, 6.07) is 13.5. The number of aromatic nitrogens is 2. The van der Waals surface area contributed by atoms with Gasteiger partial charge in [0.2, 0.25) is 0 Å². The second kappa shape index (κ2) is 9.37. The third kappa shape index (κ3) is 4.64. The number of hydrazone groups is 1. The molecule has 1 amide bonds. The van der Waals surface area contributed by atoms with Crippen molar-refractivity contribution in [3.63, 3.8) is 0 Å². The van der Waals surface area contributed by atoms with E-state index >= 15 is 0 Å². The molecule has 0 spiro atoms. The molecule has 9 heteroatoms. The summed E-state index contributed by atoms with van der Waals surface area (Å²) in [6.07, 6.45) is 1.46. The second-order valence-corrected chi connectivity index (χ2v) is 6.05. The van der Waals surface area contributed by atoms with Crippen LogP contribution < -0.4 is 14.9 Å². The number of H-pyrrole nitrogens is 1. The van der Waals surface area contributed by atoms with Gasteiger partial charge >= 0.3 is 5.97 Å². The topological polar surface area (TPSA) is 115 Å². The number of hydrogen-bond donors (Lipinski definition) is 2. The molecule has 0 fully saturated rings. The maximum absolute atomic E-state index is 12.3. The minimum atomic E-state index is -0.460. The van der Waals surface area contributed by atoms with Crippen LogP contribution in [0.15, 0.2) is 53.6 Å². The van der Waals surface area contributed by atoms with Gasteiger partial charge in [0.15, 0.2) is 0 Å². The number of methoxy groups -OCH3 is 3. The zero-order valence-corrected chi connectivity index (χ0v) is 16.6. The molecule has 3 rings (SSSR count). The average Bonchev–Trinajstić information content (AvgIpc) is 3.28. The number of nitrogens with one attached hydrogen (secondary N) is 2. The Balaban J connectivity index is 1.68. The Bertz CT molecular complexity index is 1070. The first-order valence-electron chi connectivity index (χ1n) is 8.85. The van der Waals surface area contributed by atoms with Crippen molar-refractivity contribution in [2.75, 3.05) is 21.3 Å². The van der Waals surface area contributed by atoms with E-state index in [1.165, 1.54) is 13.3 Å². The van der Waals surface area contributed by atoms with E-state index in [0.29, 0.717) is 33.9 Å². The molecule has 9 nitrogen and oxygen atoms in total. The minimum absolute atomic E-state index is 0.230. The summed E-state index contributed by atoms with van der Waals surface area (Å²) >= 11 is 0. The molecule has 154 valence electrons. The SMILES string of the molecule is COC(=O)c1ccc(/C=N/NC(=O)c2cc(-c3cc(OC)ccc3OC)n[nH]2)cc1. The normalized spacial score (nSPS) is 10.6. The summed E-state index contributed by atoms with van der Waals surface area (Å²) in [4.78, 5) is 23.8.